The lowest BCUT2D eigenvalue weighted by Crippen LogP contribution is -2.18. The summed E-state index contributed by atoms with van der Waals surface area (Å²) in [5.74, 6) is 0. The highest BCUT2D eigenvalue weighted by atomic mass is 16.6. The molecule has 6 heteroatoms. The summed E-state index contributed by atoms with van der Waals surface area (Å²) >= 11 is 0. The number of aliphatic hydroxyl groups excluding tert-OH is 1. The van der Waals surface area contributed by atoms with Crippen LogP contribution in [0.4, 0.5) is 11.4 Å². The summed E-state index contributed by atoms with van der Waals surface area (Å²) in [5.41, 5.74) is 1.70. The molecule has 0 aromatic heterocycles. The molecule has 100 valence electrons. The number of nitro groups is 1. The van der Waals surface area contributed by atoms with Gasteiger partial charge in [0, 0.05) is 31.5 Å². The van der Waals surface area contributed by atoms with Crippen molar-refractivity contribution in [1.29, 1.82) is 0 Å². The van der Waals surface area contributed by atoms with Crippen LogP contribution in [0.5, 0.6) is 0 Å². The molecule has 0 bridgehead atoms. The van der Waals surface area contributed by atoms with E-state index in [1.807, 2.05) is 6.92 Å². The zero-order chi connectivity index (χ0) is 13.5. The van der Waals surface area contributed by atoms with Crippen LogP contribution in [0.1, 0.15) is 12.0 Å². The van der Waals surface area contributed by atoms with E-state index in [1.54, 1.807) is 6.07 Å². The fourth-order valence-corrected chi connectivity index (χ4v) is 1.56. The Morgan fingerprint density at radius 3 is 2.89 bits per heavy atom. The summed E-state index contributed by atoms with van der Waals surface area (Å²) in [5, 5.41) is 23.2. The van der Waals surface area contributed by atoms with Gasteiger partial charge >= 0.3 is 0 Å². The second kappa shape index (κ2) is 6.93. The Morgan fingerprint density at radius 1 is 1.56 bits per heavy atom. The van der Waals surface area contributed by atoms with Gasteiger partial charge in [0.2, 0.25) is 0 Å². The lowest BCUT2D eigenvalue weighted by atomic mass is 10.1. The predicted molar refractivity (Wildman–Crippen MR) is 68.8 cm³/mol. The minimum absolute atomic E-state index is 0.0561. The summed E-state index contributed by atoms with van der Waals surface area (Å²) < 4.78 is 4.81. The lowest BCUT2D eigenvalue weighted by molar-refractivity contribution is -0.384. The first-order valence-corrected chi connectivity index (χ1v) is 5.70. The molecule has 0 aliphatic rings. The zero-order valence-electron chi connectivity index (χ0n) is 10.5. The molecule has 0 aliphatic carbocycles. The molecule has 1 atom stereocenters. The van der Waals surface area contributed by atoms with Crippen molar-refractivity contribution in [2.24, 2.45) is 0 Å². The third-order valence-corrected chi connectivity index (χ3v) is 2.58. The first-order valence-electron chi connectivity index (χ1n) is 5.70. The number of nitrogens with one attached hydrogen (secondary N) is 1. The molecule has 0 heterocycles. The van der Waals surface area contributed by atoms with Crippen LogP contribution in [0.15, 0.2) is 18.2 Å². The van der Waals surface area contributed by atoms with Gasteiger partial charge in [-0.2, -0.15) is 0 Å². The average molecular weight is 254 g/mol. The van der Waals surface area contributed by atoms with Crippen LogP contribution in [0.3, 0.4) is 0 Å². The van der Waals surface area contributed by atoms with Crippen molar-refractivity contribution < 1.29 is 14.8 Å². The van der Waals surface area contributed by atoms with Crippen LogP contribution >= 0.6 is 0 Å². The third-order valence-electron chi connectivity index (χ3n) is 2.58. The van der Waals surface area contributed by atoms with Gasteiger partial charge in [0.15, 0.2) is 0 Å². The Labute approximate surface area is 106 Å². The molecule has 0 amide bonds. The van der Waals surface area contributed by atoms with Crippen molar-refractivity contribution in [3.63, 3.8) is 0 Å². The van der Waals surface area contributed by atoms with E-state index in [-0.39, 0.29) is 12.3 Å². The summed E-state index contributed by atoms with van der Waals surface area (Å²) in [6, 6.07) is 4.67. The highest BCUT2D eigenvalue weighted by molar-refractivity contribution is 5.56. The highest BCUT2D eigenvalue weighted by Crippen LogP contribution is 2.21. The maximum Gasteiger partial charge on any atom is 0.271 e. The fourth-order valence-electron chi connectivity index (χ4n) is 1.56. The Kier molecular flexibility index (Phi) is 5.54. The van der Waals surface area contributed by atoms with Gasteiger partial charge in [0.05, 0.1) is 17.6 Å². The maximum absolute atomic E-state index is 10.7. The molecule has 0 saturated heterocycles. The van der Waals surface area contributed by atoms with E-state index >= 15 is 0 Å². The van der Waals surface area contributed by atoms with Gasteiger partial charge in [-0.3, -0.25) is 10.1 Å². The first-order chi connectivity index (χ1) is 8.54. The molecule has 0 fully saturated rings. The average Bonchev–Trinajstić information content (AvgIpc) is 2.31. The van der Waals surface area contributed by atoms with Crippen LogP contribution < -0.4 is 5.32 Å². The van der Waals surface area contributed by atoms with Crippen LogP contribution in [-0.2, 0) is 4.74 Å². The van der Waals surface area contributed by atoms with Crippen LogP contribution in [0, 0.1) is 17.0 Å². The SMILES string of the molecule is COCC(O)CCNc1cc([N+](=O)[O-])ccc1C. The number of methoxy groups -OCH3 is 1. The Bertz CT molecular complexity index is 409. The fraction of sp³-hybridized carbons (Fsp3) is 0.500. The first kappa shape index (κ1) is 14.4. The van der Waals surface area contributed by atoms with Gasteiger partial charge in [-0.05, 0) is 18.9 Å². The Hall–Kier alpha value is -1.66. The predicted octanol–water partition coefficient (Wildman–Crippen LogP) is 1.71. The van der Waals surface area contributed by atoms with Crippen molar-refractivity contribution in [3.8, 4) is 0 Å². The molecule has 0 saturated carbocycles. The molecule has 0 radical (unpaired) electrons. The summed E-state index contributed by atoms with van der Waals surface area (Å²) in [7, 11) is 1.53. The van der Waals surface area contributed by atoms with E-state index in [0.717, 1.165) is 5.56 Å². The maximum atomic E-state index is 10.7. The quantitative estimate of drug-likeness (QED) is 0.571. The largest absolute Gasteiger partial charge is 0.391 e. The molecule has 0 aliphatic heterocycles. The molecule has 1 rings (SSSR count). The number of aryl methyl sites for hydroxylation is 1. The molecule has 1 aromatic carbocycles. The zero-order valence-corrected chi connectivity index (χ0v) is 10.5. The summed E-state index contributed by atoms with van der Waals surface area (Å²) in [4.78, 5) is 10.2. The number of hydrogen-bond donors (Lipinski definition) is 2. The molecule has 18 heavy (non-hydrogen) atoms. The Morgan fingerprint density at radius 2 is 2.28 bits per heavy atom. The highest BCUT2D eigenvalue weighted by Gasteiger charge is 2.09. The number of anilines is 1. The lowest BCUT2D eigenvalue weighted by Gasteiger charge is -2.12. The summed E-state index contributed by atoms with van der Waals surface area (Å²) in [6.07, 6.45) is -0.00260. The second-order valence-corrected chi connectivity index (χ2v) is 4.08. The standard InChI is InChI=1S/C12H18N2O4/c1-9-3-4-10(14(16)17)7-12(9)13-6-5-11(15)8-18-2/h3-4,7,11,13,15H,5-6,8H2,1-2H3. The van der Waals surface area contributed by atoms with E-state index in [0.29, 0.717) is 18.7 Å². The molecular weight excluding hydrogens is 236 g/mol. The number of nitrogens with zero attached hydrogens (tertiary/aromatic N) is 1. The monoisotopic (exact) mass is 254 g/mol. The van der Waals surface area contributed by atoms with Gasteiger partial charge in [0.25, 0.3) is 5.69 Å². The number of hydrogen-bond acceptors (Lipinski definition) is 5. The Balaban J connectivity index is 2.56. The number of aliphatic hydroxyl groups is 1. The second-order valence-electron chi connectivity index (χ2n) is 4.08. The van der Waals surface area contributed by atoms with Gasteiger partial charge in [-0.25, -0.2) is 0 Å². The normalized spacial score (nSPS) is 12.2. The number of nitro benzene ring substituents is 1. The minimum Gasteiger partial charge on any atom is -0.391 e. The van der Waals surface area contributed by atoms with Crippen molar-refractivity contribution >= 4 is 11.4 Å². The van der Waals surface area contributed by atoms with Gasteiger partial charge in [-0.1, -0.05) is 6.07 Å². The van der Waals surface area contributed by atoms with Crippen molar-refractivity contribution in [2.75, 3.05) is 25.6 Å². The van der Waals surface area contributed by atoms with Crippen molar-refractivity contribution in [3.05, 3.63) is 33.9 Å². The topological polar surface area (TPSA) is 84.6 Å². The van der Waals surface area contributed by atoms with Crippen LogP contribution in [-0.4, -0.2) is 36.4 Å². The van der Waals surface area contributed by atoms with E-state index in [9.17, 15) is 15.2 Å². The van der Waals surface area contributed by atoms with Gasteiger partial charge in [-0.15, -0.1) is 0 Å². The van der Waals surface area contributed by atoms with Crippen LogP contribution in [0.25, 0.3) is 0 Å². The van der Waals surface area contributed by atoms with Crippen molar-refractivity contribution in [2.45, 2.75) is 19.4 Å². The summed E-state index contributed by atoms with van der Waals surface area (Å²) in [6.45, 7) is 2.69. The number of rotatable bonds is 7. The van der Waals surface area contributed by atoms with Crippen molar-refractivity contribution in [1.82, 2.24) is 0 Å². The third kappa shape index (κ3) is 4.31. The van der Waals surface area contributed by atoms with Crippen LogP contribution in [0.2, 0.25) is 0 Å². The molecule has 2 N–H and O–H groups in total. The van der Waals surface area contributed by atoms with E-state index in [2.05, 4.69) is 5.32 Å². The number of ether oxygens (including phenoxy) is 1. The molecule has 1 aromatic rings. The molecule has 1 unspecified atom stereocenters. The smallest absolute Gasteiger partial charge is 0.271 e. The van der Waals surface area contributed by atoms with E-state index in [4.69, 9.17) is 4.74 Å². The van der Waals surface area contributed by atoms with E-state index in [1.165, 1.54) is 19.2 Å². The molecular formula is C12H18N2O4. The van der Waals surface area contributed by atoms with E-state index < -0.39 is 11.0 Å². The molecule has 0 spiro atoms. The number of non-ortho nitro benzene ring substituents is 1. The molecule has 6 nitrogen and oxygen atoms in total. The minimum atomic E-state index is -0.526. The number of benzene rings is 1. The van der Waals surface area contributed by atoms with Gasteiger partial charge < -0.3 is 15.2 Å². The van der Waals surface area contributed by atoms with Gasteiger partial charge in [0.1, 0.15) is 0 Å².